The van der Waals surface area contributed by atoms with Gasteiger partial charge >= 0.3 is 6.61 Å². The lowest BCUT2D eigenvalue weighted by atomic mass is 10.3. The molecule has 0 aliphatic rings. The molecule has 0 heterocycles. The number of nitrogens with one attached hydrogen (secondary N) is 2. The van der Waals surface area contributed by atoms with Crippen molar-refractivity contribution in [1.29, 1.82) is 0 Å². The zero-order chi connectivity index (χ0) is 17.7. The highest BCUT2D eigenvalue weighted by molar-refractivity contribution is 7.89. The lowest BCUT2D eigenvalue weighted by molar-refractivity contribution is -0.0498. The lowest BCUT2D eigenvalue weighted by Crippen LogP contribution is -2.19. The van der Waals surface area contributed by atoms with Crippen LogP contribution in [0.1, 0.15) is 0 Å². The van der Waals surface area contributed by atoms with Gasteiger partial charge in [-0.05, 0) is 54.7 Å². The summed E-state index contributed by atoms with van der Waals surface area (Å²) in [5, 5.41) is 10.9. The van der Waals surface area contributed by atoms with Crippen molar-refractivity contribution in [2.75, 3.05) is 10.6 Å². The highest BCUT2D eigenvalue weighted by Gasteiger charge is 2.09. The van der Waals surface area contributed by atoms with Crippen molar-refractivity contribution in [1.82, 2.24) is 0 Å². The summed E-state index contributed by atoms with van der Waals surface area (Å²) in [6, 6.07) is 11.6. The smallest absolute Gasteiger partial charge is 0.387 e. The van der Waals surface area contributed by atoms with Crippen LogP contribution in [0.4, 0.5) is 20.2 Å². The van der Waals surface area contributed by atoms with Crippen molar-refractivity contribution in [2.24, 2.45) is 5.14 Å². The van der Waals surface area contributed by atoms with Crippen molar-refractivity contribution < 1.29 is 21.9 Å². The fourth-order valence-corrected chi connectivity index (χ4v) is 2.56. The standard InChI is InChI=1S/C14H13F2N3O3S2/c15-13(16)22-11-6-4-9(5-7-11)18-14(23)19-10-2-1-3-12(8-10)24(17,20)21/h1-8,13H,(H2,17,20,21)(H2,18,19,23). The molecular weight excluding hydrogens is 360 g/mol. The predicted octanol–water partition coefficient (Wildman–Crippen LogP) is 2.74. The normalized spacial score (nSPS) is 11.2. The van der Waals surface area contributed by atoms with Gasteiger partial charge in [-0.2, -0.15) is 8.78 Å². The SMILES string of the molecule is NS(=O)(=O)c1cccc(NC(=S)Nc2ccc(OC(F)F)cc2)c1. The molecule has 2 aromatic rings. The zero-order valence-corrected chi connectivity index (χ0v) is 13.7. The first kappa shape index (κ1) is 18.0. The number of hydrogen-bond donors (Lipinski definition) is 3. The Bertz CT molecular complexity index is 827. The Balaban J connectivity index is 2.01. The second-order valence-corrected chi connectivity index (χ2v) is 6.52. The van der Waals surface area contributed by atoms with Gasteiger partial charge in [-0.1, -0.05) is 6.07 Å². The third-order valence-corrected chi connectivity index (χ3v) is 3.87. The maximum atomic E-state index is 12.1. The van der Waals surface area contributed by atoms with Crippen LogP contribution in [0.2, 0.25) is 0 Å². The number of ether oxygens (including phenoxy) is 1. The van der Waals surface area contributed by atoms with Gasteiger partial charge in [0.25, 0.3) is 0 Å². The van der Waals surface area contributed by atoms with E-state index in [0.717, 1.165) is 0 Å². The van der Waals surface area contributed by atoms with Crippen molar-refractivity contribution >= 4 is 38.7 Å². The highest BCUT2D eigenvalue weighted by Crippen LogP contribution is 2.18. The van der Waals surface area contributed by atoms with Gasteiger partial charge in [0.05, 0.1) is 4.90 Å². The van der Waals surface area contributed by atoms with Crippen LogP contribution >= 0.6 is 12.2 Å². The second-order valence-electron chi connectivity index (χ2n) is 4.55. The van der Waals surface area contributed by atoms with Crippen LogP contribution in [-0.2, 0) is 10.0 Å². The van der Waals surface area contributed by atoms with Gasteiger partial charge in [-0.15, -0.1) is 0 Å². The molecule has 0 atom stereocenters. The molecule has 4 N–H and O–H groups in total. The Labute approximate surface area is 142 Å². The summed E-state index contributed by atoms with van der Waals surface area (Å²) in [6.45, 7) is -2.89. The molecule has 6 nitrogen and oxygen atoms in total. The molecule has 0 aromatic heterocycles. The zero-order valence-electron chi connectivity index (χ0n) is 12.1. The van der Waals surface area contributed by atoms with Crippen LogP contribution in [0.25, 0.3) is 0 Å². The first-order valence-corrected chi connectivity index (χ1v) is 8.45. The lowest BCUT2D eigenvalue weighted by Gasteiger charge is -2.12. The predicted molar refractivity (Wildman–Crippen MR) is 90.7 cm³/mol. The molecule has 0 bridgehead atoms. The van der Waals surface area contributed by atoms with Gasteiger partial charge in [-0.25, -0.2) is 13.6 Å². The van der Waals surface area contributed by atoms with E-state index in [2.05, 4.69) is 15.4 Å². The third kappa shape index (κ3) is 5.41. The van der Waals surface area contributed by atoms with E-state index in [4.69, 9.17) is 17.4 Å². The number of hydrogen-bond acceptors (Lipinski definition) is 4. The number of sulfonamides is 1. The summed E-state index contributed by atoms with van der Waals surface area (Å²) in [7, 11) is -3.81. The minimum absolute atomic E-state index is 0.0234. The number of anilines is 2. The minimum Gasteiger partial charge on any atom is -0.435 e. The molecule has 24 heavy (non-hydrogen) atoms. The summed E-state index contributed by atoms with van der Waals surface area (Å²) in [5.74, 6) is 0.0234. The summed E-state index contributed by atoms with van der Waals surface area (Å²) in [6.07, 6.45) is 0. The minimum atomic E-state index is -3.81. The van der Waals surface area contributed by atoms with E-state index in [1.165, 1.54) is 42.5 Å². The maximum Gasteiger partial charge on any atom is 0.387 e. The van der Waals surface area contributed by atoms with Gasteiger partial charge in [0.2, 0.25) is 10.0 Å². The van der Waals surface area contributed by atoms with Crippen molar-refractivity contribution in [3.8, 4) is 5.75 Å². The van der Waals surface area contributed by atoms with Crippen LogP contribution in [0, 0.1) is 0 Å². The number of primary sulfonamides is 1. The Hall–Kier alpha value is -2.30. The number of thiocarbonyl (C=S) groups is 1. The Morgan fingerprint density at radius 1 is 1.08 bits per heavy atom. The number of halogens is 2. The van der Waals surface area contributed by atoms with E-state index in [1.54, 1.807) is 6.07 Å². The van der Waals surface area contributed by atoms with E-state index >= 15 is 0 Å². The maximum absolute atomic E-state index is 12.1. The molecule has 128 valence electrons. The molecule has 0 spiro atoms. The molecule has 0 unspecified atom stereocenters. The second kappa shape index (κ2) is 7.51. The fourth-order valence-electron chi connectivity index (χ4n) is 1.76. The topological polar surface area (TPSA) is 93.5 Å². The van der Waals surface area contributed by atoms with E-state index in [0.29, 0.717) is 11.4 Å². The quantitative estimate of drug-likeness (QED) is 0.698. The number of nitrogens with two attached hydrogens (primary N) is 1. The van der Waals surface area contributed by atoms with Crippen LogP contribution in [-0.4, -0.2) is 20.1 Å². The van der Waals surface area contributed by atoms with E-state index in [-0.39, 0.29) is 15.8 Å². The molecule has 0 saturated heterocycles. The first-order chi connectivity index (χ1) is 11.2. The van der Waals surface area contributed by atoms with Gasteiger partial charge in [-0.3, -0.25) is 0 Å². The molecule has 10 heteroatoms. The largest absolute Gasteiger partial charge is 0.435 e. The Kier molecular flexibility index (Phi) is 5.65. The van der Waals surface area contributed by atoms with E-state index in [9.17, 15) is 17.2 Å². The molecule has 0 radical (unpaired) electrons. The molecule has 0 amide bonds. The number of rotatable bonds is 5. The molecule has 0 aliphatic carbocycles. The molecule has 0 fully saturated rings. The van der Waals surface area contributed by atoms with Crippen LogP contribution in [0.5, 0.6) is 5.75 Å². The van der Waals surface area contributed by atoms with Crippen LogP contribution in [0.3, 0.4) is 0 Å². The summed E-state index contributed by atoms with van der Waals surface area (Å²) >= 11 is 5.10. The molecule has 2 rings (SSSR count). The summed E-state index contributed by atoms with van der Waals surface area (Å²) < 4.78 is 51.0. The summed E-state index contributed by atoms with van der Waals surface area (Å²) in [5.41, 5.74) is 0.966. The van der Waals surface area contributed by atoms with Crippen molar-refractivity contribution in [3.63, 3.8) is 0 Å². The average molecular weight is 373 g/mol. The monoisotopic (exact) mass is 373 g/mol. The Morgan fingerprint density at radius 3 is 2.29 bits per heavy atom. The molecule has 2 aromatic carbocycles. The van der Waals surface area contributed by atoms with Gasteiger partial charge in [0, 0.05) is 11.4 Å². The van der Waals surface area contributed by atoms with Gasteiger partial charge in [0.15, 0.2) is 5.11 Å². The summed E-state index contributed by atoms with van der Waals surface area (Å²) in [4.78, 5) is -0.0520. The van der Waals surface area contributed by atoms with Crippen LogP contribution in [0.15, 0.2) is 53.4 Å². The number of benzene rings is 2. The van der Waals surface area contributed by atoms with Crippen LogP contribution < -0.4 is 20.5 Å². The highest BCUT2D eigenvalue weighted by atomic mass is 32.2. The number of alkyl halides is 2. The van der Waals surface area contributed by atoms with E-state index in [1.807, 2.05) is 0 Å². The van der Waals surface area contributed by atoms with Gasteiger partial charge < -0.3 is 15.4 Å². The van der Waals surface area contributed by atoms with Gasteiger partial charge in [0.1, 0.15) is 5.75 Å². The third-order valence-electron chi connectivity index (χ3n) is 2.76. The molecule has 0 aliphatic heterocycles. The average Bonchev–Trinajstić information content (AvgIpc) is 2.48. The first-order valence-electron chi connectivity index (χ1n) is 6.50. The molecular formula is C14H13F2N3O3S2. The molecule has 0 saturated carbocycles. The van der Waals surface area contributed by atoms with E-state index < -0.39 is 16.6 Å². The Morgan fingerprint density at radius 2 is 1.71 bits per heavy atom. The van der Waals surface area contributed by atoms with Crippen molar-refractivity contribution in [3.05, 3.63) is 48.5 Å². The fraction of sp³-hybridized carbons (Fsp3) is 0.0714. The van der Waals surface area contributed by atoms with Crippen molar-refractivity contribution in [2.45, 2.75) is 11.5 Å².